The summed E-state index contributed by atoms with van der Waals surface area (Å²) in [6.45, 7) is 8.26. The first-order chi connectivity index (χ1) is 9.97. The van der Waals surface area contributed by atoms with E-state index in [2.05, 4.69) is 56.3 Å². The minimum Gasteiger partial charge on any atom is -0.360 e. The lowest BCUT2D eigenvalue weighted by Crippen LogP contribution is -2.23. The molecule has 21 heavy (non-hydrogen) atoms. The van der Waals surface area contributed by atoms with Gasteiger partial charge in [-0.05, 0) is 27.7 Å². The van der Waals surface area contributed by atoms with Crippen LogP contribution in [0.2, 0.25) is 0 Å². The maximum absolute atomic E-state index is 4.44. The van der Waals surface area contributed by atoms with Gasteiger partial charge in [-0.15, -0.1) is 0 Å². The van der Waals surface area contributed by atoms with Crippen LogP contribution in [0.5, 0.6) is 0 Å². The SMILES string of the molecule is CC(Nc1ncnc2c1cnn2C(C)(C)C)c1ncn[nH]1. The molecule has 8 heteroatoms. The number of nitrogens with one attached hydrogen (secondary N) is 2. The lowest BCUT2D eigenvalue weighted by Gasteiger charge is -2.19. The molecule has 0 saturated heterocycles. The van der Waals surface area contributed by atoms with Crippen molar-refractivity contribution in [2.45, 2.75) is 39.3 Å². The predicted molar refractivity (Wildman–Crippen MR) is 78.7 cm³/mol. The van der Waals surface area contributed by atoms with Gasteiger partial charge >= 0.3 is 0 Å². The molecule has 1 atom stereocenters. The number of aromatic amines is 1. The van der Waals surface area contributed by atoms with Crippen LogP contribution in [-0.4, -0.2) is 34.9 Å². The summed E-state index contributed by atoms with van der Waals surface area (Å²) in [6, 6.07) is -0.0383. The second kappa shape index (κ2) is 4.80. The third kappa shape index (κ3) is 2.44. The molecule has 3 aromatic heterocycles. The average Bonchev–Trinajstić information content (AvgIpc) is 3.07. The van der Waals surface area contributed by atoms with Crippen LogP contribution in [0.15, 0.2) is 18.9 Å². The summed E-state index contributed by atoms with van der Waals surface area (Å²) < 4.78 is 1.90. The van der Waals surface area contributed by atoms with Gasteiger partial charge in [0.2, 0.25) is 0 Å². The lowest BCUT2D eigenvalue weighted by molar-refractivity contribution is 0.366. The number of aromatic nitrogens is 7. The molecule has 0 spiro atoms. The molecule has 0 amide bonds. The van der Waals surface area contributed by atoms with Crippen molar-refractivity contribution in [3.05, 3.63) is 24.7 Å². The van der Waals surface area contributed by atoms with E-state index >= 15 is 0 Å². The number of nitrogens with zero attached hydrogens (tertiary/aromatic N) is 6. The van der Waals surface area contributed by atoms with Gasteiger partial charge in [-0.1, -0.05) is 0 Å². The van der Waals surface area contributed by atoms with Crippen molar-refractivity contribution >= 4 is 16.9 Å². The molecule has 0 aliphatic heterocycles. The maximum Gasteiger partial charge on any atom is 0.163 e. The van der Waals surface area contributed by atoms with Crippen molar-refractivity contribution in [1.29, 1.82) is 0 Å². The van der Waals surface area contributed by atoms with Crippen LogP contribution >= 0.6 is 0 Å². The van der Waals surface area contributed by atoms with Crippen molar-refractivity contribution < 1.29 is 0 Å². The number of H-pyrrole nitrogens is 1. The van der Waals surface area contributed by atoms with Gasteiger partial charge in [-0.25, -0.2) is 19.6 Å². The summed E-state index contributed by atoms with van der Waals surface area (Å²) >= 11 is 0. The van der Waals surface area contributed by atoms with Crippen LogP contribution in [0.3, 0.4) is 0 Å². The van der Waals surface area contributed by atoms with E-state index in [0.717, 1.165) is 22.7 Å². The topological polar surface area (TPSA) is 97.2 Å². The first kappa shape index (κ1) is 13.5. The highest BCUT2D eigenvalue weighted by atomic mass is 15.3. The number of anilines is 1. The van der Waals surface area contributed by atoms with Crippen LogP contribution in [-0.2, 0) is 5.54 Å². The summed E-state index contributed by atoms with van der Waals surface area (Å²) in [4.78, 5) is 12.8. The van der Waals surface area contributed by atoms with Crippen LogP contribution in [0.25, 0.3) is 11.0 Å². The summed E-state index contributed by atoms with van der Waals surface area (Å²) in [5.74, 6) is 1.49. The fraction of sp³-hybridized carbons (Fsp3) is 0.462. The van der Waals surface area contributed by atoms with Crippen molar-refractivity contribution in [1.82, 2.24) is 34.9 Å². The highest BCUT2D eigenvalue weighted by Gasteiger charge is 2.20. The van der Waals surface area contributed by atoms with E-state index in [1.54, 1.807) is 12.5 Å². The molecule has 1 unspecified atom stereocenters. The Balaban J connectivity index is 1.98. The van der Waals surface area contributed by atoms with Crippen LogP contribution in [0, 0.1) is 0 Å². The number of fused-ring (bicyclic) bond motifs is 1. The molecule has 3 heterocycles. The summed E-state index contributed by atoms with van der Waals surface area (Å²) in [5.41, 5.74) is 0.675. The van der Waals surface area contributed by atoms with Crippen LogP contribution in [0.4, 0.5) is 5.82 Å². The van der Waals surface area contributed by atoms with Gasteiger partial charge in [0.05, 0.1) is 23.2 Å². The van der Waals surface area contributed by atoms with Crippen LogP contribution < -0.4 is 5.32 Å². The smallest absolute Gasteiger partial charge is 0.163 e. The van der Waals surface area contributed by atoms with E-state index in [-0.39, 0.29) is 11.6 Å². The second-order valence-electron chi connectivity index (χ2n) is 5.92. The monoisotopic (exact) mass is 286 g/mol. The first-order valence-electron chi connectivity index (χ1n) is 6.78. The summed E-state index contributed by atoms with van der Waals surface area (Å²) in [7, 11) is 0. The van der Waals surface area contributed by atoms with E-state index in [1.165, 1.54) is 6.33 Å². The molecule has 0 fully saturated rings. The zero-order valence-corrected chi connectivity index (χ0v) is 12.5. The third-order valence-electron chi connectivity index (χ3n) is 3.20. The van der Waals surface area contributed by atoms with Gasteiger partial charge in [-0.2, -0.15) is 10.2 Å². The van der Waals surface area contributed by atoms with Crippen molar-refractivity contribution in [2.75, 3.05) is 5.32 Å². The Morgan fingerprint density at radius 2 is 2.00 bits per heavy atom. The van der Waals surface area contributed by atoms with Gasteiger partial charge in [0.15, 0.2) is 5.65 Å². The zero-order chi connectivity index (χ0) is 15.0. The molecule has 0 bridgehead atoms. The second-order valence-corrected chi connectivity index (χ2v) is 5.92. The number of hydrogen-bond acceptors (Lipinski definition) is 6. The van der Waals surface area contributed by atoms with E-state index in [4.69, 9.17) is 0 Å². The lowest BCUT2D eigenvalue weighted by atomic mass is 10.1. The fourth-order valence-electron chi connectivity index (χ4n) is 2.15. The Labute approximate surface area is 122 Å². The van der Waals surface area contributed by atoms with Crippen molar-refractivity contribution in [3.63, 3.8) is 0 Å². The molecule has 0 aliphatic carbocycles. The van der Waals surface area contributed by atoms with E-state index in [0.29, 0.717) is 0 Å². The van der Waals surface area contributed by atoms with Crippen LogP contribution in [0.1, 0.15) is 39.6 Å². The zero-order valence-electron chi connectivity index (χ0n) is 12.5. The molecule has 0 aliphatic rings. The van der Waals surface area contributed by atoms with Gasteiger partial charge in [0.25, 0.3) is 0 Å². The molecule has 3 rings (SSSR count). The molecule has 110 valence electrons. The molecule has 0 radical (unpaired) electrons. The average molecular weight is 286 g/mol. The largest absolute Gasteiger partial charge is 0.360 e. The van der Waals surface area contributed by atoms with Gasteiger partial charge < -0.3 is 5.32 Å². The van der Waals surface area contributed by atoms with E-state index in [9.17, 15) is 0 Å². The van der Waals surface area contributed by atoms with Gasteiger partial charge in [0.1, 0.15) is 24.3 Å². The first-order valence-corrected chi connectivity index (χ1v) is 6.78. The number of rotatable bonds is 3. The number of hydrogen-bond donors (Lipinski definition) is 2. The quantitative estimate of drug-likeness (QED) is 0.763. The normalized spacial score (nSPS) is 13.5. The van der Waals surface area contributed by atoms with Gasteiger partial charge in [0, 0.05) is 0 Å². The van der Waals surface area contributed by atoms with Crippen molar-refractivity contribution in [3.8, 4) is 0 Å². The van der Waals surface area contributed by atoms with E-state index in [1.807, 2.05) is 11.6 Å². The minimum atomic E-state index is -0.135. The molecule has 3 aromatic rings. The Morgan fingerprint density at radius 3 is 2.67 bits per heavy atom. The predicted octanol–water partition coefficient (Wildman–Crippen LogP) is 1.87. The Bertz CT molecular complexity index is 737. The Morgan fingerprint density at radius 1 is 1.19 bits per heavy atom. The Kier molecular flexibility index (Phi) is 3.08. The highest BCUT2D eigenvalue weighted by Crippen LogP contribution is 2.25. The third-order valence-corrected chi connectivity index (χ3v) is 3.20. The Hall–Kier alpha value is -2.51. The maximum atomic E-state index is 4.44. The fourth-order valence-corrected chi connectivity index (χ4v) is 2.15. The minimum absolute atomic E-state index is 0.0383. The van der Waals surface area contributed by atoms with Crippen molar-refractivity contribution in [2.24, 2.45) is 0 Å². The molecular formula is C13H18N8. The summed E-state index contributed by atoms with van der Waals surface area (Å²) in [5, 5.41) is 15.3. The molecule has 0 aromatic carbocycles. The van der Waals surface area contributed by atoms with Gasteiger partial charge in [-0.3, -0.25) is 5.10 Å². The molecule has 2 N–H and O–H groups in total. The summed E-state index contributed by atoms with van der Waals surface area (Å²) in [6.07, 6.45) is 4.82. The molecule has 8 nitrogen and oxygen atoms in total. The van der Waals surface area contributed by atoms with E-state index < -0.39 is 0 Å². The molecular weight excluding hydrogens is 268 g/mol. The molecule has 0 saturated carbocycles. The standard InChI is InChI=1S/C13H18N8/c1-8(10-15-7-17-20-10)19-11-9-5-18-21(13(2,3)4)12(9)16-6-14-11/h5-8H,1-4H3,(H,14,16,19)(H,15,17,20). The highest BCUT2D eigenvalue weighted by molar-refractivity contribution is 5.86.